The van der Waals surface area contributed by atoms with E-state index in [9.17, 15) is 0 Å². The van der Waals surface area contributed by atoms with E-state index in [1.807, 2.05) is 0 Å². The molecule has 1 aliphatic heterocycles. The Morgan fingerprint density at radius 2 is 0.968 bits per heavy atom. The number of fused-ring (bicyclic) bond motifs is 4. The summed E-state index contributed by atoms with van der Waals surface area (Å²) in [6, 6.07) is 76.2. The Hall–Kier alpha value is -7.10. The first-order valence-electron chi connectivity index (χ1n) is 22.4. The molecule has 9 aromatic rings. The van der Waals surface area contributed by atoms with Crippen LogP contribution in [0.15, 0.2) is 206 Å². The highest BCUT2D eigenvalue weighted by atomic mass is 16.5. The predicted molar refractivity (Wildman–Crippen MR) is 267 cm³/mol. The molecule has 2 nitrogen and oxygen atoms in total. The number of benzene rings is 9. The SMILES string of the molecule is CC1(C)c2ccccc2C(C)(C)c2cc(N(c3ccc(-c4ccccc4)cc3)c3ccc4cc(-c5ccccc5)ccc4c3)c(-c3cccc4c3B(c3ccccc3)CCO4)cc21. The molecule has 9 aromatic carbocycles. The lowest BCUT2D eigenvalue weighted by Gasteiger charge is -2.45. The van der Waals surface area contributed by atoms with Crippen LogP contribution in [0.3, 0.4) is 0 Å². The zero-order chi connectivity index (χ0) is 42.7. The maximum Gasteiger partial charge on any atom is 0.218 e. The predicted octanol–water partition coefficient (Wildman–Crippen LogP) is 14.3. The Morgan fingerprint density at radius 1 is 0.429 bits per heavy atom. The van der Waals surface area contributed by atoms with Crippen molar-refractivity contribution in [2.75, 3.05) is 11.5 Å². The van der Waals surface area contributed by atoms with Gasteiger partial charge in [0.25, 0.3) is 0 Å². The van der Waals surface area contributed by atoms with Crippen molar-refractivity contribution in [1.82, 2.24) is 0 Å². The van der Waals surface area contributed by atoms with E-state index in [1.165, 1.54) is 77.3 Å². The van der Waals surface area contributed by atoms with Crippen LogP contribution in [0.5, 0.6) is 5.75 Å². The van der Waals surface area contributed by atoms with Gasteiger partial charge in [-0.2, -0.15) is 0 Å². The molecule has 0 aromatic heterocycles. The quantitative estimate of drug-likeness (QED) is 0.149. The van der Waals surface area contributed by atoms with Crippen molar-refractivity contribution in [3.63, 3.8) is 0 Å². The lowest BCUT2D eigenvalue weighted by molar-refractivity contribution is 0.337. The van der Waals surface area contributed by atoms with Crippen LogP contribution in [-0.2, 0) is 10.8 Å². The van der Waals surface area contributed by atoms with Crippen LogP contribution in [0.25, 0.3) is 44.2 Å². The summed E-state index contributed by atoms with van der Waals surface area (Å²) in [5.41, 5.74) is 18.2. The van der Waals surface area contributed by atoms with E-state index in [2.05, 4.69) is 239 Å². The van der Waals surface area contributed by atoms with Gasteiger partial charge in [-0.05, 0) is 121 Å². The fraction of sp³-hybridized carbons (Fsp3) is 0.133. The fourth-order valence-corrected chi connectivity index (χ4v) is 10.6. The Bertz CT molecular complexity index is 3140. The first-order valence-corrected chi connectivity index (χ1v) is 22.4. The molecule has 0 saturated heterocycles. The van der Waals surface area contributed by atoms with Gasteiger partial charge in [-0.1, -0.05) is 191 Å². The lowest BCUT2D eigenvalue weighted by Crippen LogP contribution is -2.47. The summed E-state index contributed by atoms with van der Waals surface area (Å²) >= 11 is 0. The number of hydrogen-bond acceptors (Lipinski definition) is 2. The Labute approximate surface area is 372 Å². The molecule has 0 amide bonds. The topological polar surface area (TPSA) is 12.5 Å². The molecule has 0 bridgehead atoms. The van der Waals surface area contributed by atoms with E-state index in [-0.39, 0.29) is 17.5 Å². The maximum absolute atomic E-state index is 6.57. The highest BCUT2D eigenvalue weighted by molar-refractivity contribution is 6.87. The molecule has 1 aliphatic carbocycles. The smallest absolute Gasteiger partial charge is 0.218 e. The van der Waals surface area contributed by atoms with Crippen LogP contribution in [-0.4, -0.2) is 13.3 Å². The third-order valence-corrected chi connectivity index (χ3v) is 14.0. The normalized spacial score (nSPS) is 14.6. The molecule has 11 rings (SSSR count). The van der Waals surface area contributed by atoms with Crippen molar-refractivity contribution < 1.29 is 4.74 Å². The minimum absolute atomic E-state index is 0.193. The van der Waals surface area contributed by atoms with E-state index >= 15 is 0 Å². The third kappa shape index (κ3) is 6.66. The van der Waals surface area contributed by atoms with Crippen molar-refractivity contribution in [2.45, 2.75) is 44.8 Å². The Balaban J connectivity index is 1.19. The molecule has 0 unspecified atom stereocenters. The van der Waals surface area contributed by atoms with Crippen molar-refractivity contribution >= 4 is 45.5 Å². The highest BCUT2D eigenvalue weighted by Crippen LogP contribution is 2.54. The van der Waals surface area contributed by atoms with Crippen molar-refractivity contribution in [1.29, 1.82) is 0 Å². The first kappa shape index (κ1) is 38.8. The maximum atomic E-state index is 6.57. The van der Waals surface area contributed by atoms with Crippen molar-refractivity contribution in [3.05, 3.63) is 229 Å². The van der Waals surface area contributed by atoms with Gasteiger partial charge in [0.15, 0.2) is 0 Å². The van der Waals surface area contributed by atoms with Gasteiger partial charge in [0.2, 0.25) is 6.71 Å². The van der Waals surface area contributed by atoms with Gasteiger partial charge in [-0.25, -0.2) is 0 Å². The number of ether oxygens (including phenoxy) is 1. The van der Waals surface area contributed by atoms with E-state index in [4.69, 9.17) is 4.74 Å². The number of nitrogens with zero attached hydrogens (tertiary/aromatic N) is 1. The van der Waals surface area contributed by atoms with Crippen LogP contribution < -0.4 is 20.6 Å². The molecule has 1 heterocycles. The van der Waals surface area contributed by atoms with Crippen molar-refractivity contribution in [2.24, 2.45) is 0 Å². The molecule has 0 fully saturated rings. The molecule has 2 aliphatic rings. The molecule has 3 heteroatoms. The van der Waals surface area contributed by atoms with Crippen LogP contribution >= 0.6 is 0 Å². The van der Waals surface area contributed by atoms with E-state index < -0.39 is 0 Å². The second kappa shape index (κ2) is 15.4. The Kier molecular flexibility index (Phi) is 9.46. The Morgan fingerprint density at radius 3 is 1.65 bits per heavy atom. The fourth-order valence-electron chi connectivity index (χ4n) is 10.6. The molecular weight excluding hydrogens is 761 g/mol. The minimum Gasteiger partial charge on any atom is -0.495 e. The van der Waals surface area contributed by atoms with E-state index in [0.717, 1.165) is 29.1 Å². The standard InChI is InChI=1S/C60H50BNO/c1-59(2)52-24-14-15-25-53(52)60(3,4)55-40-56(51(39-54(55)59)50-23-16-26-57-58(50)61(35-36-63-57)47-21-12-7-13-22-47)62(48-32-29-43(30-33-48)41-17-8-5-9-18-41)49-34-31-45-37-44(27-28-46(45)38-49)42-19-10-6-11-20-42/h5-34,37-40H,35-36H2,1-4H3. The number of anilines is 3. The lowest BCUT2D eigenvalue weighted by atomic mass is 9.37. The summed E-state index contributed by atoms with van der Waals surface area (Å²) < 4.78 is 6.57. The third-order valence-electron chi connectivity index (χ3n) is 14.0. The van der Waals surface area contributed by atoms with Crippen molar-refractivity contribution in [3.8, 4) is 39.1 Å². The molecule has 63 heavy (non-hydrogen) atoms. The first-order chi connectivity index (χ1) is 30.8. The van der Waals surface area contributed by atoms with Gasteiger partial charge in [0.05, 0.1) is 12.3 Å². The summed E-state index contributed by atoms with van der Waals surface area (Å²) in [5.74, 6) is 0.972. The number of rotatable bonds is 7. The molecule has 0 radical (unpaired) electrons. The van der Waals surface area contributed by atoms with Gasteiger partial charge in [0.1, 0.15) is 5.75 Å². The van der Waals surface area contributed by atoms with Crippen LogP contribution in [0.4, 0.5) is 17.1 Å². The molecule has 0 N–H and O–H groups in total. The van der Waals surface area contributed by atoms with Crippen LogP contribution in [0, 0.1) is 0 Å². The second-order valence-corrected chi connectivity index (χ2v) is 18.4. The largest absolute Gasteiger partial charge is 0.495 e. The molecule has 304 valence electrons. The zero-order valence-electron chi connectivity index (χ0n) is 36.5. The van der Waals surface area contributed by atoms with Crippen LogP contribution in [0.1, 0.15) is 49.9 Å². The van der Waals surface area contributed by atoms with E-state index in [0.29, 0.717) is 6.61 Å². The van der Waals surface area contributed by atoms with E-state index in [1.54, 1.807) is 0 Å². The summed E-state index contributed by atoms with van der Waals surface area (Å²) in [5, 5.41) is 2.41. The summed E-state index contributed by atoms with van der Waals surface area (Å²) in [4.78, 5) is 2.51. The summed E-state index contributed by atoms with van der Waals surface area (Å²) in [7, 11) is 0. The van der Waals surface area contributed by atoms with Gasteiger partial charge >= 0.3 is 0 Å². The second-order valence-electron chi connectivity index (χ2n) is 18.4. The average molecular weight is 812 g/mol. The molecule has 0 atom stereocenters. The van der Waals surface area contributed by atoms with Gasteiger partial charge in [-0.15, -0.1) is 0 Å². The van der Waals surface area contributed by atoms with Gasteiger partial charge in [-0.3, -0.25) is 0 Å². The monoisotopic (exact) mass is 811 g/mol. The number of hydrogen-bond donors (Lipinski definition) is 0. The summed E-state index contributed by atoms with van der Waals surface area (Å²) in [6.45, 7) is 10.5. The van der Waals surface area contributed by atoms with Gasteiger partial charge in [0, 0.05) is 27.8 Å². The molecule has 0 spiro atoms. The zero-order valence-corrected chi connectivity index (χ0v) is 36.5. The van der Waals surface area contributed by atoms with Gasteiger partial charge < -0.3 is 9.64 Å². The molecular formula is C60H50BNO. The van der Waals surface area contributed by atoms with Crippen LogP contribution in [0.2, 0.25) is 6.32 Å². The summed E-state index contributed by atoms with van der Waals surface area (Å²) in [6.07, 6.45) is 0.917. The highest BCUT2D eigenvalue weighted by Gasteiger charge is 2.43. The molecule has 0 saturated carbocycles. The average Bonchev–Trinajstić information content (AvgIpc) is 3.34. The minimum atomic E-state index is -0.249.